The van der Waals surface area contributed by atoms with Crippen LogP contribution in [0.25, 0.3) is 0 Å². The van der Waals surface area contributed by atoms with Crippen molar-refractivity contribution in [1.82, 2.24) is 4.98 Å². The van der Waals surface area contributed by atoms with E-state index >= 15 is 0 Å². The Kier molecular flexibility index (Phi) is 4.12. The number of methoxy groups -OCH3 is 1. The van der Waals surface area contributed by atoms with Gasteiger partial charge in [0.15, 0.2) is 0 Å². The third-order valence-electron chi connectivity index (χ3n) is 3.48. The number of aromatic nitrogens is 1. The van der Waals surface area contributed by atoms with Crippen LogP contribution in [0, 0.1) is 0 Å². The van der Waals surface area contributed by atoms with Gasteiger partial charge in [0, 0.05) is 29.7 Å². The van der Waals surface area contributed by atoms with Crippen molar-refractivity contribution in [2.45, 2.75) is 5.37 Å². The van der Waals surface area contributed by atoms with Gasteiger partial charge in [-0.3, -0.25) is 9.78 Å². The van der Waals surface area contributed by atoms with Crippen molar-refractivity contribution in [3.05, 3.63) is 65.1 Å². The Morgan fingerprint density at radius 3 is 2.83 bits per heavy atom. The van der Waals surface area contributed by atoms with Crippen LogP contribution in [0.15, 0.2) is 59.5 Å². The number of carbonyl (C=O) groups is 1. The van der Waals surface area contributed by atoms with Gasteiger partial charge in [0.1, 0.15) is 21.8 Å². The Morgan fingerprint density at radius 2 is 2.17 bits per heavy atom. The molecule has 7 heteroatoms. The predicted molar refractivity (Wildman–Crippen MR) is 90.4 cm³/mol. The summed E-state index contributed by atoms with van der Waals surface area (Å²) in [6.07, 6.45) is 3.45. The van der Waals surface area contributed by atoms with Crippen LogP contribution in [0.1, 0.15) is 10.9 Å². The second-order valence-electron chi connectivity index (χ2n) is 4.91. The molecule has 1 atom stereocenters. The highest BCUT2D eigenvalue weighted by atomic mass is 32.2. The highest BCUT2D eigenvalue weighted by molar-refractivity contribution is 8.04. The third-order valence-corrected chi connectivity index (χ3v) is 4.83. The van der Waals surface area contributed by atoms with Crippen LogP contribution in [-0.4, -0.2) is 18.0 Å². The van der Waals surface area contributed by atoms with Gasteiger partial charge in [0.25, 0.3) is 5.91 Å². The number of pyridine rings is 1. The maximum Gasteiger partial charge on any atom is 0.258 e. The molecule has 2 heterocycles. The highest BCUT2D eigenvalue weighted by Gasteiger charge is 2.36. The Morgan fingerprint density at radius 1 is 1.35 bits per heavy atom. The first-order valence-electron chi connectivity index (χ1n) is 6.91. The maximum atomic E-state index is 11.7. The number of thioether (sulfide) groups is 1. The molecule has 0 aliphatic carbocycles. The first kappa shape index (κ1) is 15.2. The summed E-state index contributed by atoms with van der Waals surface area (Å²) >= 11 is 1.32. The number of ether oxygens (including phenoxy) is 1. The summed E-state index contributed by atoms with van der Waals surface area (Å²) in [5.41, 5.74) is 13.4. The van der Waals surface area contributed by atoms with Crippen molar-refractivity contribution >= 4 is 23.4 Å². The molecule has 0 bridgehead atoms. The number of nitrogens with two attached hydrogens (primary N) is 2. The minimum atomic E-state index is -0.535. The lowest BCUT2D eigenvalue weighted by Crippen LogP contribution is -2.27. The molecule has 1 aliphatic rings. The molecule has 3 rings (SSSR count). The molecular formula is C16H16N4O2S. The molecule has 4 N–H and O–H groups in total. The van der Waals surface area contributed by atoms with E-state index in [2.05, 4.69) is 4.98 Å². The van der Waals surface area contributed by atoms with Crippen molar-refractivity contribution in [1.29, 1.82) is 0 Å². The normalized spacial score (nSPS) is 17.4. The second kappa shape index (κ2) is 6.21. The number of amides is 1. The SMILES string of the molecule is COc1cccc(N2C(N)=C(C(N)=O)SC2c2cccnc2)c1. The Bertz CT molecular complexity index is 764. The van der Waals surface area contributed by atoms with Crippen LogP contribution in [0.3, 0.4) is 0 Å². The minimum absolute atomic E-state index is 0.210. The van der Waals surface area contributed by atoms with Crippen LogP contribution in [0.5, 0.6) is 5.75 Å². The number of anilines is 1. The van der Waals surface area contributed by atoms with Gasteiger partial charge in [-0.1, -0.05) is 23.9 Å². The van der Waals surface area contributed by atoms with Gasteiger partial charge < -0.3 is 21.1 Å². The first-order valence-corrected chi connectivity index (χ1v) is 7.79. The molecule has 0 radical (unpaired) electrons. The van der Waals surface area contributed by atoms with E-state index in [1.165, 1.54) is 11.8 Å². The van der Waals surface area contributed by atoms with Crippen molar-refractivity contribution in [2.24, 2.45) is 11.5 Å². The molecule has 1 unspecified atom stereocenters. The third kappa shape index (κ3) is 2.83. The van der Waals surface area contributed by atoms with E-state index < -0.39 is 5.91 Å². The topological polar surface area (TPSA) is 94.5 Å². The smallest absolute Gasteiger partial charge is 0.258 e. The van der Waals surface area contributed by atoms with E-state index in [1.54, 1.807) is 19.5 Å². The van der Waals surface area contributed by atoms with Gasteiger partial charge in [-0.2, -0.15) is 0 Å². The molecule has 118 valence electrons. The average Bonchev–Trinajstić information content (AvgIpc) is 2.93. The molecule has 1 aromatic heterocycles. The van der Waals surface area contributed by atoms with Crippen molar-refractivity contribution < 1.29 is 9.53 Å². The number of hydrogen-bond acceptors (Lipinski definition) is 6. The van der Waals surface area contributed by atoms with Gasteiger partial charge in [0.05, 0.1) is 7.11 Å². The molecule has 1 amide bonds. The standard InChI is InChI=1S/C16H16N4O2S/c1-22-12-6-2-5-11(8-12)20-14(17)13(15(18)21)23-16(20)10-4-3-7-19-9-10/h2-9,16H,17H2,1H3,(H2,18,21). The molecule has 2 aromatic rings. The van der Waals surface area contributed by atoms with E-state index in [0.29, 0.717) is 16.5 Å². The van der Waals surface area contributed by atoms with Gasteiger partial charge in [-0.25, -0.2) is 0 Å². The molecule has 0 saturated heterocycles. The quantitative estimate of drug-likeness (QED) is 0.891. The number of hydrogen-bond donors (Lipinski definition) is 2. The number of rotatable bonds is 4. The molecule has 0 spiro atoms. The summed E-state index contributed by atoms with van der Waals surface area (Å²) in [6, 6.07) is 11.3. The number of benzene rings is 1. The summed E-state index contributed by atoms with van der Waals surface area (Å²) in [5, 5.41) is -0.210. The second-order valence-corrected chi connectivity index (χ2v) is 6.00. The number of primary amides is 1. The summed E-state index contributed by atoms with van der Waals surface area (Å²) in [6.45, 7) is 0. The lowest BCUT2D eigenvalue weighted by atomic mass is 10.2. The molecule has 0 fully saturated rings. The summed E-state index contributed by atoms with van der Waals surface area (Å²) < 4.78 is 5.27. The summed E-state index contributed by atoms with van der Waals surface area (Å²) in [7, 11) is 1.60. The van der Waals surface area contributed by atoms with Crippen molar-refractivity contribution in [3.63, 3.8) is 0 Å². The Labute approximate surface area is 138 Å². The number of nitrogens with zero attached hydrogens (tertiary/aromatic N) is 2. The Balaban J connectivity index is 2.08. The van der Waals surface area contributed by atoms with E-state index in [0.717, 1.165) is 11.3 Å². The maximum absolute atomic E-state index is 11.7. The van der Waals surface area contributed by atoms with Gasteiger partial charge in [-0.15, -0.1) is 0 Å². The molecule has 23 heavy (non-hydrogen) atoms. The van der Waals surface area contributed by atoms with Gasteiger partial charge in [-0.05, 0) is 18.2 Å². The first-order chi connectivity index (χ1) is 11.1. The summed E-state index contributed by atoms with van der Waals surface area (Å²) in [4.78, 5) is 18.0. The predicted octanol–water partition coefficient (Wildman–Crippen LogP) is 1.96. The van der Waals surface area contributed by atoms with Gasteiger partial charge in [0.2, 0.25) is 0 Å². The fourth-order valence-corrected chi connectivity index (χ4v) is 3.59. The van der Waals surface area contributed by atoms with Gasteiger partial charge >= 0.3 is 0 Å². The van der Waals surface area contributed by atoms with Crippen LogP contribution in [0.4, 0.5) is 5.69 Å². The lowest BCUT2D eigenvalue weighted by Gasteiger charge is -2.27. The minimum Gasteiger partial charge on any atom is -0.497 e. The van der Waals surface area contributed by atoms with Crippen LogP contribution in [-0.2, 0) is 4.79 Å². The fourth-order valence-electron chi connectivity index (χ4n) is 2.42. The molecule has 6 nitrogen and oxygen atoms in total. The molecule has 0 saturated carbocycles. The molecule has 1 aromatic carbocycles. The van der Waals surface area contributed by atoms with E-state index in [-0.39, 0.29) is 5.37 Å². The molecule has 1 aliphatic heterocycles. The van der Waals surface area contributed by atoms with Crippen molar-refractivity contribution in [2.75, 3.05) is 12.0 Å². The summed E-state index contributed by atoms with van der Waals surface area (Å²) in [5.74, 6) is 0.508. The molecular weight excluding hydrogens is 312 g/mol. The van der Waals surface area contributed by atoms with Crippen LogP contribution in [0.2, 0.25) is 0 Å². The average molecular weight is 328 g/mol. The zero-order valence-electron chi connectivity index (χ0n) is 12.5. The van der Waals surface area contributed by atoms with Crippen molar-refractivity contribution in [3.8, 4) is 5.75 Å². The largest absolute Gasteiger partial charge is 0.497 e. The zero-order valence-corrected chi connectivity index (χ0v) is 13.3. The highest BCUT2D eigenvalue weighted by Crippen LogP contribution is 2.48. The van der Waals surface area contributed by atoms with Crippen LogP contribution < -0.4 is 21.1 Å². The fraction of sp³-hybridized carbons (Fsp3) is 0.125. The van der Waals surface area contributed by atoms with E-state index in [4.69, 9.17) is 16.2 Å². The lowest BCUT2D eigenvalue weighted by molar-refractivity contribution is -0.113. The van der Waals surface area contributed by atoms with Crippen LogP contribution >= 0.6 is 11.8 Å². The zero-order chi connectivity index (χ0) is 16.4. The monoisotopic (exact) mass is 328 g/mol. The number of carbonyl (C=O) groups excluding carboxylic acids is 1. The van der Waals surface area contributed by atoms with E-state index in [9.17, 15) is 4.79 Å². The van der Waals surface area contributed by atoms with E-state index in [1.807, 2.05) is 41.3 Å². The Hall–Kier alpha value is -2.67.